The van der Waals surface area contributed by atoms with E-state index in [2.05, 4.69) is 5.10 Å². The molecule has 0 bridgehead atoms. The predicted octanol–water partition coefficient (Wildman–Crippen LogP) is 1.15. The molecule has 0 unspecified atom stereocenters. The van der Waals surface area contributed by atoms with Gasteiger partial charge in [-0.15, -0.1) is 0 Å². The third kappa shape index (κ3) is 2.23. The number of hydrogen-bond acceptors (Lipinski definition) is 2. The molecule has 0 N–H and O–H groups in total. The molecule has 0 fully saturated rings. The van der Waals surface area contributed by atoms with Crippen molar-refractivity contribution in [2.24, 2.45) is 5.10 Å². The van der Waals surface area contributed by atoms with Gasteiger partial charge in [0.25, 0.3) is 5.91 Å². The van der Waals surface area contributed by atoms with Crippen molar-refractivity contribution >= 4 is 46.9 Å². The van der Waals surface area contributed by atoms with Gasteiger partial charge < -0.3 is 0 Å². The second-order valence-electron chi connectivity index (χ2n) is 3.05. The van der Waals surface area contributed by atoms with E-state index in [4.69, 9.17) is 0 Å². The van der Waals surface area contributed by atoms with E-state index in [1.54, 1.807) is 0 Å². The Morgan fingerprint density at radius 1 is 1.29 bits per heavy atom. The Kier molecular flexibility index (Phi) is 3.86. The zero-order valence-electron chi connectivity index (χ0n) is 7.40. The first kappa shape index (κ1) is 11.4. The first-order chi connectivity index (χ1) is 6.27. The van der Waals surface area contributed by atoms with E-state index in [1.807, 2.05) is 37.3 Å². The van der Waals surface area contributed by atoms with Crippen molar-refractivity contribution < 1.29 is 4.79 Å². The molecular formula is C10H11N2NaO. The number of hydrogen-bond donors (Lipinski definition) is 0. The number of amides is 1. The Morgan fingerprint density at radius 3 is 2.43 bits per heavy atom. The van der Waals surface area contributed by atoms with E-state index in [0.717, 1.165) is 11.4 Å². The molecule has 0 saturated carbocycles. The number of anilines is 1. The van der Waals surface area contributed by atoms with Gasteiger partial charge in [-0.05, 0) is 19.1 Å². The summed E-state index contributed by atoms with van der Waals surface area (Å²) in [6.45, 7) is 1.86. The summed E-state index contributed by atoms with van der Waals surface area (Å²) in [4.78, 5) is 11.4. The third-order valence-electron chi connectivity index (χ3n) is 1.91. The summed E-state index contributed by atoms with van der Waals surface area (Å²) < 4.78 is 0. The van der Waals surface area contributed by atoms with Crippen molar-refractivity contribution in [3.63, 3.8) is 0 Å². The summed E-state index contributed by atoms with van der Waals surface area (Å²) in [5.41, 5.74) is 1.71. The van der Waals surface area contributed by atoms with Crippen LogP contribution in [0, 0.1) is 0 Å². The van der Waals surface area contributed by atoms with Crippen molar-refractivity contribution in [1.29, 1.82) is 0 Å². The van der Waals surface area contributed by atoms with Crippen molar-refractivity contribution in [2.75, 3.05) is 5.01 Å². The van der Waals surface area contributed by atoms with Gasteiger partial charge >= 0.3 is 29.6 Å². The van der Waals surface area contributed by atoms with Crippen molar-refractivity contribution in [3.05, 3.63) is 30.3 Å². The second-order valence-corrected chi connectivity index (χ2v) is 3.05. The molecule has 0 radical (unpaired) electrons. The number of carbonyl (C=O) groups excluding carboxylic acids is 1. The Balaban J connectivity index is 0.000000980. The third-order valence-corrected chi connectivity index (χ3v) is 1.91. The number of nitrogens with zero attached hydrogens (tertiary/aromatic N) is 2. The van der Waals surface area contributed by atoms with Crippen LogP contribution in [-0.4, -0.2) is 41.2 Å². The summed E-state index contributed by atoms with van der Waals surface area (Å²) >= 11 is 0. The average molecular weight is 198 g/mol. The van der Waals surface area contributed by atoms with Gasteiger partial charge in [0.15, 0.2) is 0 Å². The molecule has 1 aliphatic heterocycles. The monoisotopic (exact) mass is 198 g/mol. The van der Waals surface area contributed by atoms with E-state index in [0.29, 0.717) is 6.42 Å². The standard InChI is InChI=1S/C10H10N2O.Na.H/c1-8-7-10(13)12(11-8)9-5-3-2-4-6-9;;/h2-6H,7H2,1H3;;. The van der Waals surface area contributed by atoms with E-state index in [1.165, 1.54) is 5.01 Å². The van der Waals surface area contributed by atoms with Gasteiger partial charge in [0, 0.05) is 5.71 Å². The topological polar surface area (TPSA) is 32.7 Å². The normalized spacial score (nSPS) is 15.1. The van der Waals surface area contributed by atoms with Gasteiger partial charge in [0.1, 0.15) is 0 Å². The Hall–Kier alpha value is -0.640. The van der Waals surface area contributed by atoms with Crippen LogP contribution >= 0.6 is 0 Å². The maximum absolute atomic E-state index is 11.4. The molecule has 0 spiro atoms. The van der Waals surface area contributed by atoms with Crippen LogP contribution in [0.1, 0.15) is 13.3 Å². The fourth-order valence-electron chi connectivity index (χ4n) is 1.33. The van der Waals surface area contributed by atoms with E-state index in [-0.39, 0.29) is 35.5 Å². The molecule has 1 aliphatic rings. The van der Waals surface area contributed by atoms with Crippen LogP contribution in [0.3, 0.4) is 0 Å². The number of rotatable bonds is 1. The molecule has 3 nitrogen and oxygen atoms in total. The molecule has 1 amide bonds. The molecule has 68 valence electrons. The zero-order chi connectivity index (χ0) is 9.26. The molecule has 2 rings (SSSR count). The SMILES string of the molecule is CC1=NN(c2ccccc2)C(=O)C1.[NaH]. The van der Waals surface area contributed by atoms with Crippen LogP contribution in [0.5, 0.6) is 0 Å². The van der Waals surface area contributed by atoms with Gasteiger partial charge in [0.2, 0.25) is 0 Å². The van der Waals surface area contributed by atoms with Crippen molar-refractivity contribution in [2.45, 2.75) is 13.3 Å². The molecule has 1 aromatic carbocycles. The number of para-hydroxylation sites is 1. The fraction of sp³-hybridized carbons (Fsp3) is 0.200. The Bertz CT molecular complexity index is 362. The summed E-state index contributed by atoms with van der Waals surface area (Å²) in [6, 6.07) is 9.46. The van der Waals surface area contributed by atoms with Crippen LogP contribution in [-0.2, 0) is 4.79 Å². The van der Waals surface area contributed by atoms with Gasteiger partial charge in [-0.2, -0.15) is 5.10 Å². The maximum atomic E-state index is 11.4. The Labute approximate surface area is 105 Å². The summed E-state index contributed by atoms with van der Waals surface area (Å²) in [7, 11) is 0. The van der Waals surface area contributed by atoms with E-state index in [9.17, 15) is 4.79 Å². The first-order valence-electron chi connectivity index (χ1n) is 4.19. The summed E-state index contributed by atoms with van der Waals surface area (Å²) in [6.07, 6.45) is 0.439. The summed E-state index contributed by atoms with van der Waals surface area (Å²) in [5.74, 6) is 0.0451. The van der Waals surface area contributed by atoms with Gasteiger partial charge in [-0.1, -0.05) is 18.2 Å². The van der Waals surface area contributed by atoms with E-state index < -0.39 is 0 Å². The van der Waals surface area contributed by atoms with Crippen molar-refractivity contribution in [3.8, 4) is 0 Å². The quantitative estimate of drug-likeness (QED) is 0.623. The number of carbonyl (C=O) groups is 1. The number of hydrazone groups is 1. The first-order valence-corrected chi connectivity index (χ1v) is 4.19. The second kappa shape index (κ2) is 4.73. The predicted molar refractivity (Wildman–Crippen MR) is 58.8 cm³/mol. The van der Waals surface area contributed by atoms with Crippen LogP contribution in [0.25, 0.3) is 0 Å². The Morgan fingerprint density at radius 2 is 1.93 bits per heavy atom. The summed E-state index contributed by atoms with van der Waals surface area (Å²) in [5, 5.41) is 5.59. The molecular weight excluding hydrogens is 187 g/mol. The zero-order valence-corrected chi connectivity index (χ0v) is 7.40. The fourth-order valence-corrected chi connectivity index (χ4v) is 1.33. The van der Waals surface area contributed by atoms with Gasteiger partial charge in [-0.3, -0.25) is 4.79 Å². The van der Waals surface area contributed by atoms with Crippen LogP contribution in [0.2, 0.25) is 0 Å². The molecule has 4 heteroatoms. The molecule has 1 aromatic rings. The van der Waals surface area contributed by atoms with Gasteiger partial charge in [0.05, 0.1) is 12.1 Å². The molecule has 1 heterocycles. The number of benzene rings is 1. The molecule has 0 aliphatic carbocycles. The minimum absolute atomic E-state index is 0. The molecule has 0 atom stereocenters. The van der Waals surface area contributed by atoms with Gasteiger partial charge in [-0.25, -0.2) is 5.01 Å². The van der Waals surface area contributed by atoms with Crippen molar-refractivity contribution in [1.82, 2.24) is 0 Å². The minimum atomic E-state index is 0. The van der Waals surface area contributed by atoms with E-state index >= 15 is 0 Å². The molecule has 14 heavy (non-hydrogen) atoms. The average Bonchev–Trinajstić information content (AvgIpc) is 2.47. The van der Waals surface area contributed by atoms with Crippen LogP contribution in [0.4, 0.5) is 5.69 Å². The van der Waals surface area contributed by atoms with Crippen LogP contribution in [0.15, 0.2) is 35.4 Å². The van der Waals surface area contributed by atoms with Crippen LogP contribution < -0.4 is 5.01 Å². The molecule has 0 aromatic heterocycles. The molecule has 0 saturated heterocycles.